The molecule has 0 atom stereocenters. The molecule has 0 heterocycles. The van der Waals surface area contributed by atoms with Gasteiger partial charge in [-0.15, -0.1) is 0 Å². The molecule has 0 spiro atoms. The summed E-state index contributed by atoms with van der Waals surface area (Å²) in [6, 6.07) is 13.5. The maximum atomic E-state index is 11.9. The average Bonchev–Trinajstić information content (AvgIpc) is 2.59. The first kappa shape index (κ1) is 17.2. The van der Waals surface area contributed by atoms with Crippen LogP contribution in [0, 0.1) is 0 Å². The van der Waals surface area contributed by atoms with Crippen LogP contribution in [0.15, 0.2) is 48.5 Å². The predicted octanol–water partition coefficient (Wildman–Crippen LogP) is 2.73. The quantitative estimate of drug-likeness (QED) is 0.464. The smallest absolute Gasteiger partial charge is 0.338 e. The summed E-state index contributed by atoms with van der Waals surface area (Å²) in [5.41, 5.74) is 2.49. The Kier molecular flexibility index (Phi) is 6.08. The number of hydrogen-bond acceptors (Lipinski definition) is 5. The standard InChI is InChI=1S/C18H18N2O4/c1-13(22)20-17-8-4-15(5-9-17)18(23)24-11-10-19-16-6-2-14(12-21)3-7-16/h2-9,12,19H,10-11H2,1H3,(H,20,22). The highest BCUT2D eigenvalue weighted by molar-refractivity contribution is 5.92. The van der Waals surface area contributed by atoms with Crippen LogP contribution in [0.4, 0.5) is 11.4 Å². The highest BCUT2D eigenvalue weighted by Crippen LogP contribution is 2.11. The topological polar surface area (TPSA) is 84.5 Å². The summed E-state index contributed by atoms with van der Waals surface area (Å²) in [5.74, 6) is -0.597. The molecule has 0 bridgehead atoms. The van der Waals surface area contributed by atoms with E-state index in [1.807, 2.05) is 0 Å². The fraction of sp³-hybridized carbons (Fsp3) is 0.167. The van der Waals surface area contributed by atoms with Crippen LogP contribution < -0.4 is 10.6 Å². The second-order valence-corrected chi connectivity index (χ2v) is 5.06. The maximum absolute atomic E-state index is 11.9. The van der Waals surface area contributed by atoms with E-state index in [4.69, 9.17) is 4.74 Å². The van der Waals surface area contributed by atoms with Crippen LogP contribution in [0.5, 0.6) is 0 Å². The molecule has 0 aliphatic rings. The molecule has 2 rings (SSSR count). The summed E-state index contributed by atoms with van der Waals surface area (Å²) < 4.78 is 5.17. The fourth-order valence-electron chi connectivity index (χ4n) is 1.99. The minimum absolute atomic E-state index is 0.169. The number of benzene rings is 2. The first-order chi connectivity index (χ1) is 11.6. The van der Waals surface area contributed by atoms with E-state index in [2.05, 4.69) is 10.6 Å². The molecule has 124 valence electrons. The lowest BCUT2D eigenvalue weighted by Crippen LogP contribution is -2.14. The third-order valence-corrected chi connectivity index (χ3v) is 3.15. The monoisotopic (exact) mass is 326 g/mol. The van der Waals surface area contributed by atoms with Gasteiger partial charge in [0.2, 0.25) is 5.91 Å². The summed E-state index contributed by atoms with van der Waals surface area (Å²) in [4.78, 5) is 33.4. The van der Waals surface area contributed by atoms with Crippen LogP contribution in [-0.2, 0) is 9.53 Å². The van der Waals surface area contributed by atoms with Crippen molar-refractivity contribution in [3.05, 3.63) is 59.7 Å². The Labute approximate surface area is 139 Å². The third kappa shape index (κ3) is 5.24. The van der Waals surface area contributed by atoms with E-state index in [9.17, 15) is 14.4 Å². The number of esters is 1. The van der Waals surface area contributed by atoms with Crippen LogP contribution in [0.3, 0.4) is 0 Å². The molecule has 0 fully saturated rings. The van der Waals surface area contributed by atoms with Crippen molar-refractivity contribution in [1.82, 2.24) is 0 Å². The van der Waals surface area contributed by atoms with Gasteiger partial charge in [-0.05, 0) is 48.5 Å². The van der Waals surface area contributed by atoms with E-state index in [1.54, 1.807) is 48.5 Å². The van der Waals surface area contributed by atoms with Gasteiger partial charge in [-0.3, -0.25) is 9.59 Å². The van der Waals surface area contributed by atoms with Crippen molar-refractivity contribution in [2.45, 2.75) is 6.92 Å². The molecule has 6 nitrogen and oxygen atoms in total. The Balaban J connectivity index is 1.76. The van der Waals surface area contributed by atoms with Gasteiger partial charge in [-0.25, -0.2) is 4.79 Å². The lowest BCUT2D eigenvalue weighted by Gasteiger charge is -2.08. The third-order valence-electron chi connectivity index (χ3n) is 3.15. The van der Waals surface area contributed by atoms with Crippen molar-refractivity contribution in [3.63, 3.8) is 0 Å². The molecular weight excluding hydrogens is 308 g/mol. The van der Waals surface area contributed by atoms with E-state index in [0.717, 1.165) is 12.0 Å². The molecule has 0 aromatic heterocycles. The molecule has 1 amide bonds. The van der Waals surface area contributed by atoms with Gasteiger partial charge in [-0.1, -0.05) is 0 Å². The number of carbonyl (C=O) groups is 3. The minimum atomic E-state index is -0.428. The van der Waals surface area contributed by atoms with Gasteiger partial charge in [0.15, 0.2) is 0 Å². The second-order valence-electron chi connectivity index (χ2n) is 5.06. The molecule has 6 heteroatoms. The largest absolute Gasteiger partial charge is 0.460 e. The molecule has 24 heavy (non-hydrogen) atoms. The van der Waals surface area contributed by atoms with E-state index < -0.39 is 5.97 Å². The molecule has 0 radical (unpaired) electrons. The molecule has 2 aromatic carbocycles. The predicted molar refractivity (Wildman–Crippen MR) is 91.3 cm³/mol. The van der Waals surface area contributed by atoms with Gasteiger partial charge in [-0.2, -0.15) is 0 Å². The van der Waals surface area contributed by atoms with Gasteiger partial charge in [0, 0.05) is 30.4 Å². The van der Waals surface area contributed by atoms with E-state index >= 15 is 0 Å². The second kappa shape index (κ2) is 8.47. The highest BCUT2D eigenvalue weighted by atomic mass is 16.5. The number of amides is 1. The highest BCUT2D eigenvalue weighted by Gasteiger charge is 2.07. The summed E-state index contributed by atoms with van der Waals surface area (Å²) in [6.45, 7) is 2.08. The van der Waals surface area contributed by atoms with E-state index in [0.29, 0.717) is 23.4 Å². The van der Waals surface area contributed by atoms with Crippen molar-refractivity contribution < 1.29 is 19.1 Å². The number of carbonyl (C=O) groups excluding carboxylic acids is 3. The first-order valence-corrected chi connectivity index (χ1v) is 7.42. The molecule has 0 saturated carbocycles. The number of hydrogen-bond donors (Lipinski definition) is 2. The molecule has 2 N–H and O–H groups in total. The number of anilines is 2. The van der Waals surface area contributed by atoms with Crippen LogP contribution in [-0.4, -0.2) is 31.3 Å². The van der Waals surface area contributed by atoms with Crippen molar-refractivity contribution >= 4 is 29.5 Å². The zero-order valence-corrected chi connectivity index (χ0v) is 13.2. The minimum Gasteiger partial charge on any atom is -0.460 e. The Morgan fingerprint density at radius 1 is 1.00 bits per heavy atom. The number of ether oxygens (including phenoxy) is 1. The van der Waals surface area contributed by atoms with Crippen LogP contribution in [0.1, 0.15) is 27.6 Å². The maximum Gasteiger partial charge on any atom is 0.338 e. The lowest BCUT2D eigenvalue weighted by molar-refractivity contribution is -0.114. The summed E-state index contributed by atoms with van der Waals surface area (Å²) in [5, 5.41) is 5.72. The SMILES string of the molecule is CC(=O)Nc1ccc(C(=O)OCCNc2ccc(C=O)cc2)cc1. The average molecular weight is 326 g/mol. The Morgan fingerprint density at radius 2 is 1.62 bits per heavy atom. The summed E-state index contributed by atoms with van der Waals surface area (Å²) in [7, 11) is 0. The van der Waals surface area contributed by atoms with Gasteiger partial charge in [0.05, 0.1) is 5.56 Å². The van der Waals surface area contributed by atoms with Crippen molar-refractivity contribution in [3.8, 4) is 0 Å². The molecule has 0 aliphatic heterocycles. The molecular formula is C18H18N2O4. The molecule has 2 aromatic rings. The van der Waals surface area contributed by atoms with Crippen LogP contribution in [0.2, 0.25) is 0 Å². The fourth-order valence-corrected chi connectivity index (χ4v) is 1.99. The summed E-state index contributed by atoms with van der Waals surface area (Å²) in [6.07, 6.45) is 0.781. The summed E-state index contributed by atoms with van der Waals surface area (Å²) >= 11 is 0. The zero-order valence-electron chi connectivity index (χ0n) is 13.2. The van der Waals surface area contributed by atoms with Gasteiger partial charge < -0.3 is 15.4 Å². The Hall–Kier alpha value is -3.15. The Morgan fingerprint density at radius 3 is 2.21 bits per heavy atom. The van der Waals surface area contributed by atoms with Crippen LogP contribution in [0.25, 0.3) is 0 Å². The van der Waals surface area contributed by atoms with Crippen molar-refractivity contribution in [2.24, 2.45) is 0 Å². The normalized spacial score (nSPS) is 9.88. The number of aldehydes is 1. The molecule has 0 unspecified atom stereocenters. The molecule has 0 saturated heterocycles. The van der Waals surface area contributed by atoms with Gasteiger partial charge in [0.1, 0.15) is 12.9 Å². The van der Waals surface area contributed by atoms with E-state index in [-0.39, 0.29) is 12.5 Å². The molecule has 0 aliphatic carbocycles. The van der Waals surface area contributed by atoms with Crippen molar-refractivity contribution in [2.75, 3.05) is 23.8 Å². The zero-order chi connectivity index (χ0) is 17.4. The van der Waals surface area contributed by atoms with Crippen molar-refractivity contribution in [1.29, 1.82) is 0 Å². The number of nitrogens with one attached hydrogen (secondary N) is 2. The lowest BCUT2D eigenvalue weighted by atomic mass is 10.2. The van der Waals surface area contributed by atoms with E-state index in [1.165, 1.54) is 6.92 Å². The first-order valence-electron chi connectivity index (χ1n) is 7.42. The Bertz CT molecular complexity index is 709. The number of rotatable bonds is 7. The van der Waals surface area contributed by atoms with Gasteiger partial charge in [0.25, 0.3) is 0 Å². The van der Waals surface area contributed by atoms with Crippen LogP contribution >= 0.6 is 0 Å². The van der Waals surface area contributed by atoms with Gasteiger partial charge >= 0.3 is 5.97 Å².